The lowest BCUT2D eigenvalue weighted by Gasteiger charge is -2.19. The van der Waals surface area contributed by atoms with Gasteiger partial charge in [0.25, 0.3) is 0 Å². The molecule has 3 N–H and O–H groups in total. The smallest absolute Gasteiger partial charge is 0.213 e. The number of hydrogen-bond acceptors (Lipinski definition) is 3. The SMILES string of the molecule is Cc1ccc2[nH]c3c(c2c1)CC(c1nc(=S)[nH][nH]1)CC3=O. The number of aromatic amines is 3. The summed E-state index contributed by atoms with van der Waals surface area (Å²) in [5.41, 5.74) is 4.06. The number of nitrogens with zero attached hydrogens (tertiary/aromatic N) is 1. The number of Topliss-reactive ketones (excluding diaryl/α,β-unsaturated/α-hetero) is 1. The number of benzene rings is 1. The van der Waals surface area contributed by atoms with Crippen LogP contribution in [0.1, 0.15) is 39.8 Å². The molecule has 1 unspecified atom stereocenters. The minimum absolute atomic E-state index is 0.0532. The average Bonchev–Trinajstić information content (AvgIpc) is 3.03. The molecule has 0 fully saturated rings. The number of fused-ring (bicyclic) bond motifs is 3. The summed E-state index contributed by atoms with van der Waals surface area (Å²) in [6, 6.07) is 6.22. The van der Waals surface area contributed by atoms with Gasteiger partial charge in [-0.3, -0.25) is 15.0 Å². The van der Waals surface area contributed by atoms with E-state index in [1.54, 1.807) is 0 Å². The Hall–Kier alpha value is -2.21. The first kappa shape index (κ1) is 12.5. The Morgan fingerprint density at radius 3 is 2.90 bits per heavy atom. The minimum Gasteiger partial charge on any atom is -0.352 e. The highest BCUT2D eigenvalue weighted by atomic mass is 32.1. The van der Waals surface area contributed by atoms with E-state index in [2.05, 4.69) is 39.2 Å². The van der Waals surface area contributed by atoms with Crippen molar-refractivity contribution in [3.63, 3.8) is 0 Å². The maximum Gasteiger partial charge on any atom is 0.213 e. The van der Waals surface area contributed by atoms with Crippen LogP contribution in [-0.2, 0) is 6.42 Å². The highest BCUT2D eigenvalue weighted by Gasteiger charge is 2.30. The zero-order chi connectivity index (χ0) is 14.6. The number of carbonyl (C=O) groups is 1. The molecule has 21 heavy (non-hydrogen) atoms. The molecule has 2 aromatic heterocycles. The van der Waals surface area contributed by atoms with Gasteiger partial charge in [-0.1, -0.05) is 11.6 Å². The van der Waals surface area contributed by atoms with E-state index in [4.69, 9.17) is 12.2 Å². The quantitative estimate of drug-likeness (QED) is 0.604. The third-order valence-corrected chi connectivity index (χ3v) is 4.32. The minimum atomic E-state index is 0.0532. The second-order valence-corrected chi connectivity index (χ2v) is 5.99. The summed E-state index contributed by atoms with van der Waals surface area (Å²) >= 11 is 5.00. The van der Waals surface area contributed by atoms with Gasteiger partial charge >= 0.3 is 0 Å². The van der Waals surface area contributed by atoms with Gasteiger partial charge in [-0.15, -0.1) is 0 Å². The summed E-state index contributed by atoms with van der Waals surface area (Å²) in [5, 5.41) is 6.92. The predicted molar refractivity (Wildman–Crippen MR) is 82.2 cm³/mol. The van der Waals surface area contributed by atoms with Crippen LogP contribution in [-0.4, -0.2) is 25.9 Å². The van der Waals surface area contributed by atoms with E-state index in [1.807, 2.05) is 6.07 Å². The van der Waals surface area contributed by atoms with Crippen LogP contribution in [0.25, 0.3) is 10.9 Å². The lowest BCUT2D eigenvalue weighted by atomic mass is 9.85. The van der Waals surface area contributed by atoms with E-state index >= 15 is 0 Å². The molecular formula is C15H14N4OS. The van der Waals surface area contributed by atoms with Gasteiger partial charge in [-0.05, 0) is 43.3 Å². The molecule has 0 saturated carbocycles. The zero-order valence-electron chi connectivity index (χ0n) is 11.5. The van der Waals surface area contributed by atoms with Crippen LogP contribution in [0.5, 0.6) is 0 Å². The number of hydrogen-bond donors (Lipinski definition) is 3. The average molecular weight is 298 g/mol. The third-order valence-electron chi connectivity index (χ3n) is 4.13. The largest absolute Gasteiger partial charge is 0.352 e. The van der Waals surface area contributed by atoms with E-state index in [1.165, 1.54) is 5.56 Å². The fraction of sp³-hybridized carbons (Fsp3) is 0.267. The first-order valence-electron chi connectivity index (χ1n) is 6.91. The predicted octanol–water partition coefficient (Wildman–Crippen LogP) is 3.17. The summed E-state index contributed by atoms with van der Waals surface area (Å²) in [6.45, 7) is 2.06. The van der Waals surface area contributed by atoms with Crippen molar-refractivity contribution < 1.29 is 4.79 Å². The topological polar surface area (TPSA) is 77.3 Å². The van der Waals surface area contributed by atoms with Crippen LogP contribution >= 0.6 is 12.2 Å². The van der Waals surface area contributed by atoms with E-state index in [0.29, 0.717) is 11.2 Å². The molecule has 3 aromatic rings. The first-order valence-corrected chi connectivity index (χ1v) is 7.31. The summed E-state index contributed by atoms with van der Waals surface area (Å²) in [5.74, 6) is 0.955. The lowest BCUT2D eigenvalue weighted by molar-refractivity contribution is 0.0959. The van der Waals surface area contributed by atoms with Crippen LogP contribution in [0.4, 0.5) is 0 Å². The van der Waals surface area contributed by atoms with Crippen molar-refractivity contribution in [3.05, 3.63) is 45.6 Å². The Morgan fingerprint density at radius 1 is 1.29 bits per heavy atom. The van der Waals surface area contributed by atoms with Gasteiger partial charge in [0, 0.05) is 23.2 Å². The molecule has 0 amide bonds. The van der Waals surface area contributed by atoms with Gasteiger partial charge in [0.05, 0.1) is 5.69 Å². The molecule has 0 radical (unpaired) electrons. The van der Waals surface area contributed by atoms with Gasteiger partial charge in [-0.25, -0.2) is 4.98 Å². The van der Waals surface area contributed by atoms with Crippen molar-refractivity contribution >= 4 is 28.9 Å². The molecule has 0 aliphatic heterocycles. The van der Waals surface area contributed by atoms with E-state index < -0.39 is 0 Å². The van der Waals surface area contributed by atoms with Crippen molar-refractivity contribution in [1.29, 1.82) is 0 Å². The van der Waals surface area contributed by atoms with Crippen LogP contribution in [0.15, 0.2) is 18.2 Å². The molecule has 0 saturated heterocycles. The van der Waals surface area contributed by atoms with Crippen molar-refractivity contribution in [2.24, 2.45) is 0 Å². The van der Waals surface area contributed by atoms with Crippen LogP contribution in [0.3, 0.4) is 0 Å². The Balaban J connectivity index is 1.86. The summed E-state index contributed by atoms with van der Waals surface area (Å²) < 4.78 is 0.429. The number of aromatic nitrogens is 4. The number of nitrogens with one attached hydrogen (secondary N) is 3. The van der Waals surface area contributed by atoms with E-state index in [0.717, 1.165) is 34.4 Å². The number of H-pyrrole nitrogens is 3. The molecule has 5 nitrogen and oxygen atoms in total. The zero-order valence-corrected chi connectivity index (χ0v) is 12.3. The molecule has 1 aromatic carbocycles. The fourth-order valence-corrected chi connectivity index (χ4v) is 3.27. The molecule has 0 spiro atoms. The number of aryl methyl sites for hydroxylation is 1. The highest BCUT2D eigenvalue weighted by molar-refractivity contribution is 7.71. The van der Waals surface area contributed by atoms with Crippen LogP contribution in [0.2, 0.25) is 0 Å². The van der Waals surface area contributed by atoms with Crippen molar-refractivity contribution in [2.45, 2.75) is 25.7 Å². The molecule has 1 aliphatic carbocycles. The van der Waals surface area contributed by atoms with Gasteiger partial charge in [0.2, 0.25) is 4.77 Å². The third kappa shape index (κ3) is 1.94. The number of ketones is 1. The molecule has 2 heterocycles. The standard InChI is InChI=1S/C15H14N4OS/c1-7-2-3-11-9(4-7)10-5-8(6-12(20)13(10)16-11)14-17-15(21)19-18-14/h2-4,8,16H,5-6H2,1H3,(H2,17,18,19,21). The van der Waals surface area contributed by atoms with E-state index in [-0.39, 0.29) is 11.7 Å². The van der Waals surface area contributed by atoms with Crippen molar-refractivity contribution in [2.75, 3.05) is 0 Å². The van der Waals surface area contributed by atoms with Gasteiger partial charge in [0.15, 0.2) is 5.78 Å². The molecule has 1 aliphatic rings. The van der Waals surface area contributed by atoms with Crippen LogP contribution < -0.4 is 0 Å². The van der Waals surface area contributed by atoms with Gasteiger partial charge in [0.1, 0.15) is 5.82 Å². The van der Waals surface area contributed by atoms with Gasteiger partial charge < -0.3 is 4.98 Å². The monoisotopic (exact) mass is 298 g/mol. The Kier molecular flexibility index (Phi) is 2.62. The molecule has 4 rings (SSSR count). The maximum atomic E-state index is 12.4. The molecule has 6 heteroatoms. The second-order valence-electron chi connectivity index (χ2n) is 5.61. The van der Waals surface area contributed by atoms with Crippen LogP contribution in [0, 0.1) is 11.7 Å². The van der Waals surface area contributed by atoms with E-state index in [9.17, 15) is 4.79 Å². The molecule has 1 atom stereocenters. The van der Waals surface area contributed by atoms with Crippen molar-refractivity contribution in [1.82, 2.24) is 20.2 Å². The molecule has 106 valence electrons. The normalized spacial score (nSPS) is 18.1. The summed E-state index contributed by atoms with van der Waals surface area (Å²) in [4.78, 5) is 19.9. The number of rotatable bonds is 1. The van der Waals surface area contributed by atoms with Crippen molar-refractivity contribution in [3.8, 4) is 0 Å². The molecular weight excluding hydrogens is 284 g/mol. The first-order chi connectivity index (χ1) is 10.1. The summed E-state index contributed by atoms with van der Waals surface area (Å²) in [7, 11) is 0. The molecule has 0 bridgehead atoms. The fourth-order valence-electron chi connectivity index (χ4n) is 3.13. The van der Waals surface area contributed by atoms with Gasteiger partial charge in [-0.2, -0.15) is 0 Å². The Morgan fingerprint density at radius 2 is 2.14 bits per heavy atom. The summed E-state index contributed by atoms with van der Waals surface area (Å²) in [6.07, 6.45) is 1.25. The lowest BCUT2D eigenvalue weighted by Crippen LogP contribution is -2.19. The highest BCUT2D eigenvalue weighted by Crippen LogP contribution is 2.35. The second kappa shape index (κ2) is 4.39. The maximum absolute atomic E-state index is 12.4. The number of carbonyl (C=O) groups excluding carboxylic acids is 1. The Bertz CT molecular complexity index is 917. The Labute approximate surface area is 125 Å².